The van der Waals surface area contributed by atoms with Gasteiger partial charge in [-0.15, -0.1) is 0 Å². The van der Waals surface area contributed by atoms with Crippen molar-refractivity contribution >= 4 is 34.4 Å². The van der Waals surface area contributed by atoms with Crippen LogP contribution in [-0.2, 0) is 11.3 Å². The topological polar surface area (TPSA) is 107 Å². The first-order valence-electron chi connectivity index (χ1n) is 7.46. The molecule has 0 saturated heterocycles. The molecule has 0 bridgehead atoms. The van der Waals surface area contributed by atoms with Crippen LogP contribution in [0.5, 0.6) is 0 Å². The van der Waals surface area contributed by atoms with Crippen molar-refractivity contribution in [2.45, 2.75) is 13.5 Å². The van der Waals surface area contributed by atoms with Crippen molar-refractivity contribution in [2.75, 3.05) is 5.32 Å². The van der Waals surface area contributed by atoms with E-state index in [1.807, 2.05) is 6.07 Å². The van der Waals surface area contributed by atoms with Gasteiger partial charge in [-0.05, 0) is 25.1 Å². The lowest BCUT2D eigenvalue weighted by Crippen LogP contribution is -2.17. The third kappa shape index (κ3) is 3.37. The molecule has 0 aliphatic rings. The van der Waals surface area contributed by atoms with E-state index >= 15 is 0 Å². The second kappa shape index (κ2) is 6.52. The Kier molecular flexibility index (Phi) is 4.25. The molecule has 0 aliphatic heterocycles. The summed E-state index contributed by atoms with van der Waals surface area (Å²) >= 11 is 0. The summed E-state index contributed by atoms with van der Waals surface area (Å²) in [6.45, 7) is 1.51. The maximum atomic E-state index is 12.4. The maximum Gasteiger partial charge on any atom is 0.270 e. The third-order valence-electron chi connectivity index (χ3n) is 3.58. The van der Waals surface area contributed by atoms with E-state index < -0.39 is 10.8 Å². The highest BCUT2D eigenvalue weighted by Gasteiger charge is 2.17. The zero-order valence-electron chi connectivity index (χ0n) is 13.3. The average molecular weight is 338 g/mol. The summed E-state index contributed by atoms with van der Waals surface area (Å²) in [4.78, 5) is 38.6. The number of imidazole rings is 1. The molecule has 1 heterocycles. The fourth-order valence-electron chi connectivity index (χ4n) is 2.49. The Morgan fingerprint density at radius 3 is 2.68 bits per heavy atom. The Hall–Kier alpha value is -3.55. The molecular weight excluding hydrogens is 324 g/mol. The molecule has 0 atom stereocenters. The summed E-state index contributed by atoms with van der Waals surface area (Å²) < 4.78 is 1.60. The second-order valence-corrected chi connectivity index (χ2v) is 5.47. The molecular formula is C17H14N4O4. The van der Waals surface area contributed by atoms with Crippen LogP contribution in [0.25, 0.3) is 11.0 Å². The number of hydrogen-bond acceptors (Lipinski definition) is 5. The highest BCUT2D eigenvalue weighted by atomic mass is 16.6. The van der Waals surface area contributed by atoms with Crippen LogP contribution in [0.4, 0.5) is 11.6 Å². The van der Waals surface area contributed by atoms with E-state index in [1.54, 1.807) is 22.8 Å². The van der Waals surface area contributed by atoms with Crippen molar-refractivity contribution in [1.29, 1.82) is 0 Å². The molecule has 0 saturated carbocycles. The Bertz CT molecular complexity index is 993. The quantitative estimate of drug-likeness (QED) is 0.568. The summed E-state index contributed by atoms with van der Waals surface area (Å²) in [6.07, 6.45) is 0. The molecule has 0 aliphatic carbocycles. The number of nitrogens with zero attached hydrogens (tertiary/aromatic N) is 3. The van der Waals surface area contributed by atoms with Gasteiger partial charge in [-0.3, -0.25) is 25.0 Å². The average Bonchev–Trinajstić information content (AvgIpc) is 2.92. The Morgan fingerprint density at radius 2 is 1.96 bits per heavy atom. The number of nitro groups is 1. The van der Waals surface area contributed by atoms with Gasteiger partial charge in [0.2, 0.25) is 5.95 Å². The third-order valence-corrected chi connectivity index (χ3v) is 3.58. The minimum atomic E-state index is -0.568. The Balaban J connectivity index is 1.97. The van der Waals surface area contributed by atoms with Crippen LogP contribution in [0.3, 0.4) is 0 Å². The SMILES string of the molecule is CC(=O)Cn1c(NC(=O)c2cccc([N+](=O)[O-])c2)nc2ccccc21. The summed E-state index contributed by atoms with van der Waals surface area (Å²) in [6, 6.07) is 12.6. The normalized spacial score (nSPS) is 10.6. The lowest BCUT2D eigenvalue weighted by molar-refractivity contribution is -0.384. The number of nitro benzene ring substituents is 1. The van der Waals surface area contributed by atoms with Crippen molar-refractivity contribution in [2.24, 2.45) is 0 Å². The van der Waals surface area contributed by atoms with Crippen LogP contribution in [0.15, 0.2) is 48.5 Å². The number of ketones is 1. The number of benzene rings is 2. The number of anilines is 1. The molecule has 0 fully saturated rings. The number of non-ortho nitro benzene ring substituents is 1. The summed E-state index contributed by atoms with van der Waals surface area (Å²) in [7, 11) is 0. The minimum Gasteiger partial charge on any atom is -0.302 e. The van der Waals surface area contributed by atoms with Gasteiger partial charge in [0.25, 0.3) is 11.6 Å². The summed E-state index contributed by atoms with van der Waals surface area (Å²) in [5, 5.41) is 13.5. The zero-order valence-corrected chi connectivity index (χ0v) is 13.3. The molecule has 1 amide bonds. The maximum absolute atomic E-state index is 12.4. The van der Waals surface area contributed by atoms with Crippen molar-refractivity contribution in [1.82, 2.24) is 9.55 Å². The summed E-state index contributed by atoms with van der Waals surface area (Å²) in [5.41, 5.74) is 1.31. The van der Waals surface area contributed by atoms with Gasteiger partial charge in [0.05, 0.1) is 22.5 Å². The van der Waals surface area contributed by atoms with Crippen LogP contribution < -0.4 is 5.32 Å². The van der Waals surface area contributed by atoms with Crippen LogP contribution >= 0.6 is 0 Å². The number of rotatable bonds is 5. The van der Waals surface area contributed by atoms with E-state index in [0.717, 1.165) is 0 Å². The van der Waals surface area contributed by atoms with Crippen molar-refractivity contribution in [3.05, 3.63) is 64.2 Å². The van der Waals surface area contributed by atoms with Gasteiger partial charge in [0, 0.05) is 17.7 Å². The molecule has 2 aromatic carbocycles. The van der Waals surface area contributed by atoms with Gasteiger partial charge >= 0.3 is 0 Å². The molecule has 1 aromatic heterocycles. The molecule has 3 aromatic rings. The highest BCUT2D eigenvalue weighted by molar-refractivity contribution is 6.04. The number of carbonyl (C=O) groups excluding carboxylic acids is 2. The highest BCUT2D eigenvalue weighted by Crippen LogP contribution is 2.21. The lowest BCUT2D eigenvalue weighted by atomic mass is 10.2. The number of Topliss-reactive ketones (excluding diaryl/α,β-unsaturated/α-hetero) is 1. The molecule has 25 heavy (non-hydrogen) atoms. The van der Waals surface area contributed by atoms with Gasteiger partial charge < -0.3 is 4.57 Å². The fraction of sp³-hybridized carbons (Fsp3) is 0.118. The van der Waals surface area contributed by atoms with Crippen LogP contribution in [-0.4, -0.2) is 26.2 Å². The van der Waals surface area contributed by atoms with Crippen molar-refractivity contribution in [3.8, 4) is 0 Å². The minimum absolute atomic E-state index is 0.0606. The number of nitrogens with one attached hydrogen (secondary N) is 1. The number of amides is 1. The molecule has 1 N–H and O–H groups in total. The number of carbonyl (C=O) groups is 2. The van der Waals surface area contributed by atoms with Crippen LogP contribution in [0.1, 0.15) is 17.3 Å². The number of hydrogen-bond donors (Lipinski definition) is 1. The van der Waals surface area contributed by atoms with Gasteiger partial charge in [-0.25, -0.2) is 4.98 Å². The molecule has 0 radical (unpaired) electrons. The largest absolute Gasteiger partial charge is 0.302 e. The Morgan fingerprint density at radius 1 is 1.20 bits per heavy atom. The fourth-order valence-corrected chi connectivity index (χ4v) is 2.49. The monoisotopic (exact) mass is 338 g/mol. The van der Waals surface area contributed by atoms with E-state index in [1.165, 1.54) is 31.2 Å². The molecule has 0 unspecified atom stereocenters. The van der Waals surface area contributed by atoms with Crippen molar-refractivity contribution < 1.29 is 14.5 Å². The van der Waals surface area contributed by atoms with Gasteiger partial charge in [-0.1, -0.05) is 18.2 Å². The predicted molar refractivity (Wildman–Crippen MR) is 91.5 cm³/mol. The van der Waals surface area contributed by atoms with Crippen LogP contribution in [0, 0.1) is 10.1 Å². The molecule has 126 valence electrons. The first-order chi connectivity index (χ1) is 12.0. The molecule has 3 rings (SSSR count). The van der Waals surface area contributed by atoms with E-state index in [9.17, 15) is 19.7 Å². The number of para-hydroxylation sites is 2. The standard InChI is InChI=1S/C17H14N4O4/c1-11(22)10-20-15-8-3-2-7-14(15)18-17(20)19-16(23)12-5-4-6-13(9-12)21(24)25/h2-9H,10H2,1H3,(H,18,19,23). The summed E-state index contributed by atoms with van der Waals surface area (Å²) in [5.74, 6) is -0.411. The number of aromatic nitrogens is 2. The smallest absolute Gasteiger partial charge is 0.270 e. The van der Waals surface area contributed by atoms with E-state index in [4.69, 9.17) is 0 Å². The van der Waals surface area contributed by atoms with Gasteiger partial charge in [-0.2, -0.15) is 0 Å². The Labute approximate surface area is 142 Å². The molecule has 8 nitrogen and oxygen atoms in total. The van der Waals surface area contributed by atoms with Crippen molar-refractivity contribution in [3.63, 3.8) is 0 Å². The van der Waals surface area contributed by atoms with E-state index in [-0.39, 0.29) is 29.5 Å². The molecule has 0 spiro atoms. The second-order valence-electron chi connectivity index (χ2n) is 5.47. The first-order valence-corrected chi connectivity index (χ1v) is 7.46. The van der Waals surface area contributed by atoms with Gasteiger partial charge in [0.1, 0.15) is 5.78 Å². The zero-order chi connectivity index (χ0) is 18.0. The van der Waals surface area contributed by atoms with E-state index in [2.05, 4.69) is 10.3 Å². The predicted octanol–water partition coefficient (Wildman–Crippen LogP) is 2.79. The first kappa shape index (κ1) is 16.3. The molecule has 8 heteroatoms. The lowest BCUT2D eigenvalue weighted by Gasteiger charge is -2.08. The van der Waals surface area contributed by atoms with Crippen LogP contribution in [0.2, 0.25) is 0 Å². The number of fused-ring (bicyclic) bond motifs is 1. The van der Waals surface area contributed by atoms with E-state index in [0.29, 0.717) is 11.0 Å². The van der Waals surface area contributed by atoms with Gasteiger partial charge in [0.15, 0.2) is 0 Å².